The van der Waals surface area contributed by atoms with Crippen LogP contribution in [-0.2, 0) is 10.2 Å². The molecule has 0 aliphatic carbocycles. The second-order valence-electron chi connectivity index (χ2n) is 8.46. The van der Waals surface area contributed by atoms with Crippen LogP contribution in [0.1, 0.15) is 69.2 Å². The monoisotopic (exact) mass is 292 g/mol. The molecule has 2 N–H and O–H groups in total. The smallest absolute Gasteiger partial charge is 0.196 e. The normalized spacial score (nSPS) is 15.7. The summed E-state index contributed by atoms with van der Waals surface area (Å²) in [5.74, 6) is 0. The van der Waals surface area contributed by atoms with Crippen molar-refractivity contribution in [1.29, 1.82) is 0 Å². The van der Waals surface area contributed by atoms with Crippen LogP contribution in [-0.4, -0.2) is 19.5 Å². The molecule has 0 saturated carbocycles. The molecule has 116 valence electrons. The van der Waals surface area contributed by atoms with Gasteiger partial charge in [-0.2, -0.15) is 17.9 Å². The van der Waals surface area contributed by atoms with Gasteiger partial charge in [-0.3, -0.25) is 0 Å². The van der Waals surface area contributed by atoms with E-state index in [4.69, 9.17) is 0 Å². The van der Waals surface area contributed by atoms with Gasteiger partial charge in [-0.05, 0) is 38.5 Å². The molecule has 4 nitrogen and oxygen atoms in total. The molecule has 0 aromatic rings. The minimum absolute atomic E-state index is 0.173. The molecule has 0 aliphatic rings. The predicted octanol–water partition coefficient (Wildman–Crippen LogP) is 3.06. The van der Waals surface area contributed by atoms with E-state index in [0.29, 0.717) is 0 Å². The third kappa shape index (κ3) is 5.04. The highest BCUT2D eigenvalue weighted by molar-refractivity contribution is 7.87. The molecule has 0 unspecified atom stereocenters. The van der Waals surface area contributed by atoms with E-state index >= 15 is 0 Å². The van der Waals surface area contributed by atoms with Crippen LogP contribution < -0.4 is 9.44 Å². The maximum Gasteiger partial charge on any atom is 0.277 e. The first-order valence-electron chi connectivity index (χ1n) is 6.74. The van der Waals surface area contributed by atoms with Gasteiger partial charge in [-0.1, -0.05) is 41.5 Å². The van der Waals surface area contributed by atoms with Crippen molar-refractivity contribution >= 4 is 10.2 Å². The van der Waals surface area contributed by atoms with E-state index in [-0.39, 0.29) is 10.8 Å². The van der Waals surface area contributed by atoms with E-state index in [2.05, 4.69) is 9.44 Å². The molecular formula is C14H32N2O2S. The summed E-state index contributed by atoms with van der Waals surface area (Å²) in [4.78, 5) is 0. The fraction of sp³-hybridized carbons (Fsp3) is 1.00. The van der Waals surface area contributed by atoms with Crippen molar-refractivity contribution in [3.05, 3.63) is 0 Å². The summed E-state index contributed by atoms with van der Waals surface area (Å²) in [6.07, 6.45) is 0. The number of nitrogens with one attached hydrogen (secondary N) is 2. The van der Waals surface area contributed by atoms with Crippen LogP contribution in [0.4, 0.5) is 0 Å². The first kappa shape index (κ1) is 18.9. The summed E-state index contributed by atoms with van der Waals surface area (Å²) in [7, 11) is -3.56. The molecule has 0 radical (unpaired) electrons. The average molecular weight is 292 g/mol. The van der Waals surface area contributed by atoms with Crippen molar-refractivity contribution in [2.24, 2.45) is 10.8 Å². The van der Waals surface area contributed by atoms with Crippen LogP contribution in [0.3, 0.4) is 0 Å². The second kappa shape index (κ2) is 5.01. The van der Waals surface area contributed by atoms with Gasteiger partial charge in [0.1, 0.15) is 0 Å². The Kier molecular flexibility index (Phi) is 4.97. The Labute approximate surface area is 119 Å². The molecule has 0 aliphatic heterocycles. The van der Waals surface area contributed by atoms with Crippen molar-refractivity contribution in [1.82, 2.24) is 9.44 Å². The van der Waals surface area contributed by atoms with Gasteiger partial charge in [0.2, 0.25) is 0 Å². The lowest BCUT2D eigenvalue weighted by atomic mass is 9.77. The Balaban J connectivity index is 5.16. The minimum atomic E-state index is -3.56. The molecule has 0 amide bonds. The quantitative estimate of drug-likeness (QED) is 0.836. The zero-order chi connectivity index (χ0) is 15.9. The predicted molar refractivity (Wildman–Crippen MR) is 82.3 cm³/mol. The lowest BCUT2D eigenvalue weighted by Gasteiger charge is -2.43. The van der Waals surface area contributed by atoms with E-state index in [0.717, 1.165) is 0 Å². The van der Waals surface area contributed by atoms with Gasteiger partial charge in [-0.15, -0.1) is 0 Å². The Morgan fingerprint density at radius 1 is 0.579 bits per heavy atom. The van der Waals surface area contributed by atoms with Gasteiger partial charge in [0, 0.05) is 11.1 Å². The maximum atomic E-state index is 12.3. The molecule has 0 rings (SSSR count). The van der Waals surface area contributed by atoms with E-state index in [1.54, 1.807) is 0 Å². The highest BCUT2D eigenvalue weighted by atomic mass is 32.2. The van der Waals surface area contributed by atoms with Crippen LogP contribution in [0.2, 0.25) is 0 Å². The Hall–Kier alpha value is -0.130. The van der Waals surface area contributed by atoms with E-state index in [9.17, 15) is 8.42 Å². The van der Waals surface area contributed by atoms with Gasteiger partial charge in [-0.25, -0.2) is 0 Å². The van der Waals surface area contributed by atoms with Crippen LogP contribution in [0.5, 0.6) is 0 Å². The fourth-order valence-corrected chi connectivity index (χ4v) is 3.01. The summed E-state index contributed by atoms with van der Waals surface area (Å²) in [6.45, 7) is 19.7. The summed E-state index contributed by atoms with van der Waals surface area (Å²) in [6, 6.07) is 0. The summed E-state index contributed by atoms with van der Waals surface area (Å²) in [5, 5.41) is 0. The lowest BCUT2D eigenvalue weighted by Crippen LogP contribution is -2.61. The second-order valence-corrected chi connectivity index (χ2v) is 9.87. The molecule has 0 heterocycles. The van der Waals surface area contributed by atoms with Crippen molar-refractivity contribution in [3.8, 4) is 0 Å². The Morgan fingerprint density at radius 3 is 0.947 bits per heavy atom. The van der Waals surface area contributed by atoms with E-state index < -0.39 is 21.3 Å². The molecule has 0 spiro atoms. The minimum Gasteiger partial charge on any atom is -0.196 e. The Morgan fingerprint density at radius 2 is 0.789 bits per heavy atom. The molecule has 5 heteroatoms. The van der Waals surface area contributed by atoms with Gasteiger partial charge in [0.05, 0.1) is 0 Å². The summed E-state index contributed by atoms with van der Waals surface area (Å²) in [5.41, 5.74) is -1.42. The van der Waals surface area contributed by atoms with Crippen molar-refractivity contribution in [2.75, 3.05) is 0 Å². The van der Waals surface area contributed by atoms with Crippen molar-refractivity contribution in [3.63, 3.8) is 0 Å². The molecule has 0 atom stereocenters. The number of rotatable bonds is 4. The highest BCUT2D eigenvalue weighted by Gasteiger charge is 2.40. The third-order valence-electron chi connectivity index (χ3n) is 4.53. The molecule has 0 fully saturated rings. The molecule has 0 saturated heterocycles. The fourth-order valence-electron chi connectivity index (χ4n) is 1.00. The van der Waals surface area contributed by atoms with Crippen LogP contribution in [0, 0.1) is 10.8 Å². The topological polar surface area (TPSA) is 58.2 Å². The first-order chi connectivity index (χ1) is 7.91. The molecule has 0 aromatic carbocycles. The van der Waals surface area contributed by atoms with Crippen LogP contribution >= 0.6 is 0 Å². The number of hydrogen-bond donors (Lipinski definition) is 2. The Bertz CT molecular complexity index is 376. The zero-order valence-corrected chi connectivity index (χ0v) is 15.0. The summed E-state index contributed by atoms with van der Waals surface area (Å²) >= 11 is 0. The molecule has 19 heavy (non-hydrogen) atoms. The van der Waals surface area contributed by atoms with Crippen LogP contribution in [0.15, 0.2) is 0 Å². The highest BCUT2D eigenvalue weighted by Crippen LogP contribution is 2.32. The maximum absolute atomic E-state index is 12.3. The van der Waals surface area contributed by atoms with E-state index in [1.807, 2.05) is 69.2 Å². The first-order valence-corrected chi connectivity index (χ1v) is 8.22. The van der Waals surface area contributed by atoms with E-state index in [1.165, 1.54) is 0 Å². The average Bonchev–Trinajstić information content (AvgIpc) is 1.93. The van der Waals surface area contributed by atoms with Crippen LogP contribution in [0.25, 0.3) is 0 Å². The zero-order valence-electron chi connectivity index (χ0n) is 14.2. The molecule has 0 bridgehead atoms. The number of hydrogen-bond acceptors (Lipinski definition) is 2. The van der Waals surface area contributed by atoms with Gasteiger partial charge in [0.25, 0.3) is 10.2 Å². The van der Waals surface area contributed by atoms with Crippen molar-refractivity contribution in [2.45, 2.75) is 80.3 Å². The SMILES string of the molecule is CC(C)(C)C(C)(C)NS(=O)(=O)NC(C)(C)C(C)(C)C. The largest absolute Gasteiger partial charge is 0.277 e. The lowest BCUT2D eigenvalue weighted by molar-refractivity contribution is 0.192. The van der Waals surface area contributed by atoms with Gasteiger partial charge < -0.3 is 0 Å². The van der Waals surface area contributed by atoms with Gasteiger partial charge >= 0.3 is 0 Å². The molecular weight excluding hydrogens is 260 g/mol. The standard InChI is InChI=1S/C14H32N2O2S/c1-11(2,3)13(7,8)15-19(17,18)16-14(9,10)12(4,5)6/h15-16H,1-10H3. The summed E-state index contributed by atoms with van der Waals surface area (Å²) < 4.78 is 30.2. The van der Waals surface area contributed by atoms with Gasteiger partial charge in [0.15, 0.2) is 0 Å². The molecule has 0 aromatic heterocycles. The third-order valence-corrected chi connectivity index (χ3v) is 6.09. The van der Waals surface area contributed by atoms with Crippen molar-refractivity contribution < 1.29 is 8.42 Å².